The number of rotatable bonds is 10. The van der Waals surface area contributed by atoms with Crippen LogP contribution in [-0.4, -0.2) is 37.7 Å². The molecule has 1 aliphatic rings. The first-order valence-corrected chi connectivity index (χ1v) is 10.2. The Labute approximate surface area is 163 Å². The van der Waals surface area contributed by atoms with E-state index >= 15 is 0 Å². The molecule has 0 amide bonds. The van der Waals surface area contributed by atoms with Crippen molar-refractivity contribution in [2.75, 3.05) is 32.8 Å². The van der Waals surface area contributed by atoms with Crippen molar-refractivity contribution in [1.29, 1.82) is 0 Å². The van der Waals surface area contributed by atoms with Gasteiger partial charge in [0.2, 0.25) is 0 Å². The Hall–Kier alpha value is -2.04. The van der Waals surface area contributed by atoms with Crippen molar-refractivity contribution in [1.82, 2.24) is 4.90 Å². The second-order valence-corrected chi connectivity index (χ2v) is 7.17. The Bertz CT molecular complexity index is 639. The number of benzene rings is 2. The molecule has 0 aromatic heterocycles. The summed E-state index contributed by atoms with van der Waals surface area (Å²) in [7, 11) is 0. The zero-order valence-corrected chi connectivity index (χ0v) is 16.2. The standard InChI is InChI=1S/C23H32N2O2/c24-15-14-23(27-22-8-3-1-4-9-22)20-10-12-21(13-11-20)26-19-7-18-25-16-5-2-6-17-25/h1,3-4,8-13,23H,2,5-7,14-19,24H2. The van der Waals surface area contributed by atoms with E-state index < -0.39 is 0 Å². The van der Waals surface area contributed by atoms with Crippen LogP contribution < -0.4 is 15.2 Å². The highest BCUT2D eigenvalue weighted by Crippen LogP contribution is 2.26. The summed E-state index contributed by atoms with van der Waals surface area (Å²) in [4.78, 5) is 2.55. The molecule has 0 saturated carbocycles. The minimum Gasteiger partial charge on any atom is -0.494 e. The van der Waals surface area contributed by atoms with Crippen molar-refractivity contribution in [2.45, 2.75) is 38.2 Å². The average molecular weight is 369 g/mol. The lowest BCUT2D eigenvalue weighted by Crippen LogP contribution is -2.31. The van der Waals surface area contributed by atoms with E-state index in [0.29, 0.717) is 6.54 Å². The van der Waals surface area contributed by atoms with E-state index in [1.165, 1.54) is 32.4 Å². The average Bonchev–Trinajstić information content (AvgIpc) is 2.73. The third-order valence-electron chi connectivity index (χ3n) is 5.04. The van der Waals surface area contributed by atoms with Crippen molar-refractivity contribution < 1.29 is 9.47 Å². The molecule has 2 N–H and O–H groups in total. The Morgan fingerprint density at radius 3 is 2.33 bits per heavy atom. The molecule has 1 aliphatic heterocycles. The molecule has 4 nitrogen and oxygen atoms in total. The molecule has 0 aliphatic carbocycles. The molecule has 1 fully saturated rings. The highest BCUT2D eigenvalue weighted by molar-refractivity contribution is 5.30. The maximum atomic E-state index is 6.12. The van der Waals surface area contributed by atoms with E-state index in [2.05, 4.69) is 17.0 Å². The van der Waals surface area contributed by atoms with Crippen LogP contribution in [0.25, 0.3) is 0 Å². The molecule has 1 unspecified atom stereocenters. The molecule has 146 valence electrons. The van der Waals surface area contributed by atoms with Gasteiger partial charge < -0.3 is 20.1 Å². The summed E-state index contributed by atoms with van der Waals surface area (Å²) in [6.45, 7) is 4.99. The van der Waals surface area contributed by atoms with Crippen LogP contribution in [0.2, 0.25) is 0 Å². The SMILES string of the molecule is NCCC(Oc1ccccc1)c1ccc(OCCCN2CCCCC2)cc1. The summed E-state index contributed by atoms with van der Waals surface area (Å²) in [6.07, 6.45) is 5.90. The lowest BCUT2D eigenvalue weighted by atomic mass is 10.1. The van der Waals surface area contributed by atoms with E-state index in [4.69, 9.17) is 15.2 Å². The minimum atomic E-state index is -0.0365. The van der Waals surface area contributed by atoms with Crippen LogP contribution in [0.5, 0.6) is 11.5 Å². The molecule has 1 heterocycles. The van der Waals surface area contributed by atoms with E-state index in [1.807, 2.05) is 42.5 Å². The topological polar surface area (TPSA) is 47.7 Å². The number of nitrogens with two attached hydrogens (primary N) is 1. The van der Waals surface area contributed by atoms with Crippen molar-refractivity contribution >= 4 is 0 Å². The smallest absolute Gasteiger partial charge is 0.125 e. The number of piperidine rings is 1. The fourth-order valence-corrected chi connectivity index (χ4v) is 3.55. The number of nitrogens with zero attached hydrogens (tertiary/aromatic N) is 1. The number of para-hydroxylation sites is 1. The fraction of sp³-hybridized carbons (Fsp3) is 0.478. The summed E-state index contributed by atoms with van der Waals surface area (Å²) in [6, 6.07) is 18.1. The number of likely N-dealkylation sites (tertiary alicyclic amines) is 1. The van der Waals surface area contributed by atoms with Gasteiger partial charge in [-0.1, -0.05) is 36.8 Å². The largest absolute Gasteiger partial charge is 0.494 e. The van der Waals surface area contributed by atoms with E-state index in [9.17, 15) is 0 Å². The van der Waals surface area contributed by atoms with E-state index in [0.717, 1.165) is 43.1 Å². The van der Waals surface area contributed by atoms with Crippen molar-refractivity contribution in [3.05, 3.63) is 60.2 Å². The van der Waals surface area contributed by atoms with Gasteiger partial charge in [0.05, 0.1) is 6.61 Å². The third kappa shape index (κ3) is 6.56. The summed E-state index contributed by atoms with van der Waals surface area (Å²) >= 11 is 0. The van der Waals surface area contributed by atoms with Gasteiger partial charge in [0, 0.05) is 13.0 Å². The second-order valence-electron chi connectivity index (χ2n) is 7.17. The Morgan fingerprint density at radius 1 is 0.889 bits per heavy atom. The molecule has 0 spiro atoms. The van der Waals surface area contributed by atoms with Crippen LogP contribution in [-0.2, 0) is 0 Å². The van der Waals surface area contributed by atoms with Crippen molar-refractivity contribution in [2.24, 2.45) is 5.73 Å². The molecule has 1 atom stereocenters. The monoisotopic (exact) mass is 368 g/mol. The maximum absolute atomic E-state index is 6.12. The molecule has 4 heteroatoms. The predicted octanol–water partition coefficient (Wildman–Crippen LogP) is 4.41. The van der Waals surface area contributed by atoms with Crippen LogP contribution in [0.1, 0.15) is 43.8 Å². The van der Waals surface area contributed by atoms with Crippen LogP contribution >= 0.6 is 0 Å². The molecule has 3 rings (SSSR count). The molecule has 1 saturated heterocycles. The van der Waals surface area contributed by atoms with Gasteiger partial charge in [-0.2, -0.15) is 0 Å². The summed E-state index contributed by atoms with van der Waals surface area (Å²) < 4.78 is 12.0. The maximum Gasteiger partial charge on any atom is 0.125 e. The first-order valence-electron chi connectivity index (χ1n) is 10.2. The van der Waals surface area contributed by atoms with Gasteiger partial charge in [-0.05, 0) is 68.7 Å². The van der Waals surface area contributed by atoms with E-state index in [1.54, 1.807) is 0 Å². The second kappa shape index (κ2) is 11.0. The lowest BCUT2D eigenvalue weighted by molar-refractivity contribution is 0.197. The molecular formula is C23H32N2O2. The van der Waals surface area contributed by atoms with Gasteiger partial charge in [0.1, 0.15) is 17.6 Å². The summed E-state index contributed by atoms with van der Waals surface area (Å²) in [5, 5.41) is 0. The first-order chi connectivity index (χ1) is 13.3. The molecule has 0 bridgehead atoms. The van der Waals surface area contributed by atoms with Gasteiger partial charge in [-0.25, -0.2) is 0 Å². The Balaban J connectivity index is 1.47. The number of hydrogen-bond donors (Lipinski definition) is 1. The van der Waals surface area contributed by atoms with Crippen LogP contribution in [0.4, 0.5) is 0 Å². The van der Waals surface area contributed by atoms with Crippen LogP contribution in [0, 0.1) is 0 Å². The van der Waals surface area contributed by atoms with Gasteiger partial charge in [0.15, 0.2) is 0 Å². The van der Waals surface area contributed by atoms with Gasteiger partial charge in [-0.3, -0.25) is 0 Å². The molecule has 2 aromatic carbocycles. The van der Waals surface area contributed by atoms with Crippen LogP contribution in [0.3, 0.4) is 0 Å². The fourth-order valence-electron chi connectivity index (χ4n) is 3.55. The quantitative estimate of drug-likeness (QED) is 0.631. The summed E-state index contributed by atoms with van der Waals surface area (Å²) in [5.41, 5.74) is 6.91. The molecule has 27 heavy (non-hydrogen) atoms. The Kier molecular flexibility index (Phi) is 8.00. The molecular weight excluding hydrogens is 336 g/mol. The zero-order valence-electron chi connectivity index (χ0n) is 16.2. The van der Waals surface area contributed by atoms with Crippen LogP contribution in [0.15, 0.2) is 54.6 Å². The summed E-state index contributed by atoms with van der Waals surface area (Å²) in [5.74, 6) is 1.79. The first kappa shape index (κ1) is 19.7. The van der Waals surface area contributed by atoms with Gasteiger partial charge in [0.25, 0.3) is 0 Å². The van der Waals surface area contributed by atoms with Crippen molar-refractivity contribution in [3.8, 4) is 11.5 Å². The third-order valence-corrected chi connectivity index (χ3v) is 5.04. The predicted molar refractivity (Wildman–Crippen MR) is 110 cm³/mol. The molecule has 0 radical (unpaired) electrons. The lowest BCUT2D eigenvalue weighted by Gasteiger charge is -2.26. The highest BCUT2D eigenvalue weighted by atomic mass is 16.5. The zero-order chi connectivity index (χ0) is 18.7. The number of ether oxygens (including phenoxy) is 2. The van der Waals surface area contributed by atoms with Gasteiger partial charge in [-0.15, -0.1) is 0 Å². The highest BCUT2D eigenvalue weighted by Gasteiger charge is 2.13. The number of hydrogen-bond acceptors (Lipinski definition) is 4. The van der Waals surface area contributed by atoms with Crippen molar-refractivity contribution in [3.63, 3.8) is 0 Å². The molecule has 2 aromatic rings. The normalized spacial score (nSPS) is 16.0. The van der Waals surface area contributed by atoms with E-state index in [-0.39, 0.29) is 6.10 Å². The van der Waals surface area contributed by atoms with Gasteiger partial charge >= 0.3 is 0 Å². The Morgan fingerprint density at radius 2 is 1.63 bits per heavy atom. The minimum absolute atomic E-state index is 0.0365.